The van der Waals surface area contributed by atoms with Gasteiger partial charge in [-0.1, -0.05) is 29.5 Å². The normalized spacial score (nSPS) is 15.4. The number of rotatable bonds is 8. The van der Waals surface area contributed by atoms with Crippen molar-refractivity contribution in [1.82, 2.24) is 4.57 Å². The zero-order valence-corrected chi connectivity index (χ0v) is 27.7. The van der Waals surface area contributed by atoms with Crippen LogP contribution in [0.3, 0.4) is 0 Å². The molecule has 0 amide bonds. The predicted octanol–water partition coefficient (Wildman–Crippen LogP) is 5.58. The highest BCUT2D eigenvalue weighted by atomic mass is 127. The van der Waals surface area contributed by atoms with Gasteiger partial charge in [0.2, 0.25) is 0 Å². The van der Waals surface area contributed by atoms with Crippen molar-refractivity contribution in [2.75, 3.05) is 6.61 Å². The summed E-state index contributed by atoms with van der Waals surface area (Å²) >= 11 is 5.81. The molecule has 10 heteroatoms. The highest BCUT2D eigenvalue weighted by molar-refractivity contribution is 14.1. The Morgan fingerprint density at radius 2 is 1.74 bits per heavy atom. The third-order valence-corrected chi connectivity index (χ3v) is 8.35. The molecule has 0 spiro atoms. The number of para-hydroxylation sites is 1. The smallest absolute Gasteiger partial charge is 0.338 e. The Bertz CT molecular complexity index is 1600. The van der Waals surface area contributed by atoms with Gasteiger partial charge in [0.05, 0.1) is 41.8 Å². The van der Waals surface area contributed by atoms with Crippen LogP contribution >= 0.6 is 56.5 Å². The number of halogens is 2. The van der Waals surface area contributed by atoms with Crippen molar-refractivity contribution in [3.05, 3.63) is 85.6 Å². The van der Waals surface area contributed by atoms with E-state index in [-0.39, 0.29) is 24.4 Å². The van der Waals surface area contributed by atoms with Crippen LogP contribution in [0.5, 0.6) is 11.5 Å². The zero-order chi connectivity index (χ0) is 28.4. The first-order valence-corrected chi connectivity index (χ1v) is 15.6. The zero-order valence-electron chi connectivity index (χ0n) is 22.6. The van der Waals surface area contributed by atoms with Gasteiger partial charge in [-0.25, -0.2) is 9.79 Å². The maximum absolute atomic E-state index is 14.0. The first-order chi connectivity index (χ1) is 18.5. The minimum absolute atomic E-state index is 0.0564. The topological polar surface area (TPSA) is 79.1 Å². The van der Waals surface area contributed by atoms with Gasteiger partial charge >= 0.3 is 5.97 Å². The van der Waals surface area contributed by atoms with E-state index >= 15 is 0 Å². The molecule has 0 saturated heterocycles. The van der Waals surface area contributed by atoms with Crippen molar-refractivity contribution in [3.8, 4) is 11.5 Å². The van der Waals surface area contributed by atoms with E-state index in [2.05, 4.69) is 50.2 Å². The van der Waals surface area contributed by atoms with E-state index in [0.29, 0.717) is 31.9 Å². The van der Waals surface area contributed by atoms with E-state index in [0.717, 1.165) is 18.5 Å². The molecule has 0 saturated carbocycles. The second-order valence-corrected chi connectivity index (χ2v) is 12.8. The van der Waals surface area contributed by atoms with Crippen LogP contribution in [0.15, 0.2) is 57.5 Å². The minimum atomic E-state index is -0.737. The Morgan fingerprint density at radius 1 is 1.10 bits per heavy atom. The summed E-state index contributed by atoms with van der Waals surface area (Å²) in [5.74, 6) is 0.942. The van der Waals surface area contributed by atoms with Crippen LogP contribution in [-0.4, -0.2) is 29.4 Å². The SMILES string of the molecule is CCOC(=O)C1=C(C)N=c2s/c(=C\c3cc(I)c(OC(C)C)c(I)c3)c(=O)n2[C@H]1c1ccccc1OC(C)C. The lowest BCUT2D eigenvalue weighted by atomic mass is 9.95. The highest BCUT2D eigenvalue weighted by Crippen LogP contribution is 2.36. The summed E-state index contributed by atoms with van der Waals surface area (Å²) in [4.78, 5) is 32.4. The quantitative estimate of drug-likeness (QED) is 0.221. The monoisotopic (exact) mass is 772 g/mol. The molecule has 0 aliphatic carbocycles. The second kappa shape index (κ2) is 12.5. The molecule has 1 atom stereocenters. The van der Waals surface area contributed by atoms with Gasteiger partial charge in [-0.2, -0.15) is 0 Å². The summed E-state index contributed by atoms with van der Waals surface area (Å²) in [5, 5.41) is 0. The predicted molar refractivity (Wildman–Crippen MR) is 170 cm³/mol. The molecule has 3 aromatic rings. The average Bonchev–Trinajstić information content (AvgIpc) is 3.15. The summed E-state index contributed by atoms with van der Waals surface area (Å²) in [6.45, 7) is 11.6. The van der Waals surface area contributed by atoms with Crippen LogP contribution in [0.25, 0.3) is 6.08 Å². The molecule has 39 heavy (non-hydrogen) atoms. The number of hydrogen-bond acceptors (Lipinski definition) is 7. The average molecular weight is 772 g/mol. The largest absolute Gasteiger partial charge is 0.491 e. The van der Waals surface area contributed by atoms with Gasteiger partial charge in [0.25, 0.3) is 5.56 Å². The Hall–Kier alpha value is -2.19. The number of aromatic nitrogens is 1. The fraction of sp³-hybridized carbons (Fsp3) is 0.345. The van der Waals surface area contributed by atoms with Crippen molar-refractivity contribution in [1.29, 1.82) is 0 Å². The molecular weight excluding hydrogens is 742 g/mol. The van der Waals surface area contributed by atoms with Gasteiger partial charge in [0.1, 0.15) is 17.5 Å². The van der Waals surface area contributed by atoms with Gasteiger partial charge < -0.3 is 14.2 Å². The van der Waals surface area contributed by atoms with Crippen LogP contribution in [0.4, 0.5) is 0 Å². The number of nitrogens with zero attached hydrogens (tertiary/aromatic N) is 2. The van der Waals surface area contributed by atoms with Crippen LogP contribution in [0, 0.1) is 7.14 Å². The molecule has 7 nitrogen and oxygen atoms in total. The summed E-state index contributed by atoms with van der Waals surface area (Å²) in [5.41, 5.74) is 2.20. The lowest BCUT2D eigenvalue weighted by Gasteiger charge is -2.26. The van der Waals surface area contributed by atoms with E-state index in [1.807, 2.05) is 70.2 Å². The van der Waals surface area contributed by atoms with Crippen molar-refractivity contribution < 1.29 is 19.0 Å². The Balaban J connectivity index is 1.94. The number of ether oxygens (including phenoxy) is 3. The number of benzene rings is 2. The van der Waals surface area contributed by atoms with Crippen LogP contribution < -0.4 is 24.4 Å². The van der Waals surface area contributed by atoms with E-state index in [4.69, 9.17) is 14.2 Å². The molecule has 1 aromatic heterocycles. The highest BCUT2D eigenvalue weighted by Gasteiger charge is 2.35. The molecule has 2 heterocycles. The summed E-state index contributed by atoms with van der Waals surface area (Å²) < 4.78 is 21.5. The fourth-order valence-corrected chi connectivity index (χ4v) is 7.43. The van der Waals surface area contributed by atoms with Crippen molar-refractivity contribution in [3.63, 3.8) is 0 Å². The second-order valence-electron chi connectivity index (χ2n) is 9.49. The van der Waals surface area contributed by atoms with Gasteiger partial charge in [-0.3, -0.25) is 9.36 Å². The summed E-state index contributed by atoms with van der Waals surface area (Å²) in [6, 6.07) is 10.8. The number of carbonyl (C=O) groups is 1. The molecule has 206 valence electrons. The Kier molecular flexibility index (Phi) is 9.58. The third-order valence-electron chi connectivity index (χ3n) is 5.77. The van der Waals surface area contributed by atoms with E-state index in [1.165, 1.54) is 11.3 Å². The van der Waals surface area contributed by atoms with Gasteiger partial charge in [0, 0.05) is 5.56 Å². The molecule has 1 aliphatic heterocycles. The molecule has 4 rings (SSSR count). The lowest BCUT2D eigenvalue weighted by Crippen LogP contribution is -2.40. The summed E-state index contributed by atoms with van der Waals surface area (Å²) in [7, 11) is 0. The third kappa shape index (κ3) is 6.43. The van der Waals surface area contributed by atoms with Crippen molar-refractivity contribution in [2.24, 2.45) is 4.99 Å². The molecule has 2 aromatic carbocycles. The lowest BCUT2D eigenvalue weighted by molar-refractivity contribution is -0.139. The molecule has 0 fully saturated rings. The van der Waals surface area contributed by atoms with Crippen molar-refractivity contribution in [2.45, 2.75) is 59.8 Å². The Morgan fingerprint density at radius 3 is 2.36 bits per heavy atom. The number of thiazole rings is 1. The number of esters is 1. The Labute approximate surface area is 258 Å². The van der Waals surface area contributed by atoms with Crippen LogP contribution in [0.2, 0.25) is 0 Å². The molecule has 0 N–H and O–H groups in total. The van der Waals surface area contributed by atoms with Crippen molar-refractivity contribution >= 4 is 68.6 Å². The van der Waals surface area contributed by atoms with E-state index in [9.17, 15) is 9.59 Å². The minimum Gasteiger partial charge on any atom is -0.491 e. The van der Waals surface area contributed by atoms with Gasteiger partial charge in [-0.15, -0.1) is 0 Å². The van der Waals surface area contributed by atoms with Crippen LogP contribution in [-0.2, 0) is 9.53 Å². The number of allylic oxidation sites excluding steroid dienone is 1. The number of fused-ring (bicyclic) bond motifs is 1. The number of carbonyl (C=O) groups excluding carboxylic acids is 1. The molecule has 0 bridgehead atoms. The standard InChI is InChI=1S/C29H30I2N2O5S/c1-7-36-28(35)24-17(6)32-29-33(25(24)19-10-8-9-11-22(19)37-15(2)3)27(34)23(39-29)14-18-12-20(30)26(21(31)13-18)38-16(4)5/h8-16,25H,7H2,1-6H3/b23-14-/t25-/m0/s1. The van der Waals surface area contributed by atoms with E-state index < -0.39 is 12.0 Å². The maximum atomic E-state index is 14.0. The first-order valence-electron chi connectivity index (χ1n) is 12.6. The van der Waals surface area contributed by atoms with Gasteiger partial charge in [-0.05, 0) is 117 Å². The van der Waals surface area contributed by atoms with Gasteiger partial charge in [0.15, 0.2) is 4.80 Å². The van der Waals surface area contributed by atoms with E-state index in [1.54, 1.807) is 18.4 Å². The fourth-order valence-electron chi connectivity index (χ4n) is 4.32. The number of hydrogen-bond donors (Lipinski definition) is 0. The molecule has 0 unspecified atom stereocenters. The molecule has 1 aliphatic rings. The molecular formula is C29H30I2N2O5S. The first kappa shape index (κ1) is 29.8. The van der Waals surface area contributed by atoms with Crippen LogP contribution in [0.1, 0.15) is 58.7 Å². The maximum Gasteiger partial charge on any atom is 0.338 e. The molecule has 0 radical (unpaired) electrons. The summed E-state index contributed by atoms with van der Waals surface area (Å²) in [6.07, 6.45) is 1.83.